The van der Waals surface area contributed by atoms with Gasteiger partial charge in [0.15, 0.2) is 0 Å². The normalized spacial score (nSPS) is 19.9. The summed E-state index contributed by atoms with van der Waals surface area (Å²) in [5.74, 6) is -0.521. The summed E-state index contributed by atoms with van der Waals surface area (Å²) in [6.07, 6.45) is 0.589. The van der Waals surface area contributed by atoms with Crippen molar-refractivity contribution in [1.82, 2.24) is 4.90 Å². The Hall–Kier alpha value is -2.71. The molecule has 2 aliphatic heterocycles. The zero-order chi connectivity index (χ0) is 21.8. The Labute approximate surface area is 176 Å². The molecule has 0 spiro atoms. The highest BCUT2D eigenvalue weighted by molar-refractivity contribution is 7.85. The summed E-state index contributed by atoms with van der Waals surface area (Å²) in [5, 5.41) is 0. The molecule has 2 heterocycles. The number of carbonyl (C=O) groups is 2. The Morgan fingerprint density at radius 3 is 2.17 bits per heavy atom. The van der Waals surface area contributed by atoms with Crippen molar-refractivity contribution in [1.29, 1.82) is 0 Å². The summed E-state index contributed by atoms with van der Waals surface area (Å²) >= 11 is 0. The van der Waals surface area contributed by atoms with Gasteiger partial charge in [0.05, 0.1) is 16.0 Å². The van der Waals surface area contributed by atoms with Gasteiger partial charge in [-0.2, -0.15) is 8.42 Å². The van der Waals surface area contributed by atoms with E-state index < -0.39 is 10.1 Å². The van der Waals surface area contributed by atoms with Crippen molar-refractivity contribution in [2.45, 2.75) is 43.5 Å². The van der Waals surface area contributed by atoms with Gasteiger partial charge in [-0.15, -0.1) is 0 Å². The van der Waals surface area contributed by atoms with Gasteiger partial charge in [0.25, 0.3) is 21.9 Å². The van der Waals surface area contributed by atoms with Gasteiger partial charge >= 0.3 is 0 Å². The van der Waals surface area contributed by atoms with Crippen LogP contribution in [0.15, 0.2) is 47.4 Å². The van der Waals surface area contributed by atoms with E-state index in [1.165, 1.54) is 17.0 Å². The van der Waals surface area contributed by atoms with Gasteiger partial charge < -0.3 is 4.90 Å². The van der Waals surface area contributed by atoms with E-state index in [2.05, 4.69) is 11.8 Å². The molecule has 1 atom stereocenters. The van der Waals surface area contributed by atoms with E-state index in [0.717, 1.165) is 11.3 Å². The zero-order valence-electron chi connectivity index (χ0n) is 17.1. The second-order valence-corrected chi connectivity index (χ2v) is 9.83. The van der Waals surface area contributed by atoms with Crippen LogP contribution >= 0.6 is 0 Å². The minimum Gasteiger partial charge on any atom is -0.368 e. The van der Waals surface area contributed by atoms with Crippen LogP contribution in [-0.4, -0.2) is 48.8 Å². The molecule has 0 fully saturated rings. The van der Waals surface area contributed by atoms with E-state index in [0.29, 0.717) is 30.6 Å². The SMILES string of the molecule is CC1N(CCCN2C(=O)c3ccccc3C2=O)c2ccc(S(=O)(=O)O)cc2C1(C)C. The molecular formula is C22H24N2O5S. The molecule has 2 aromatic rings. The lowest BCUT2D eigenvalue weighted by atomic mass is 9.81. The van der Waals surface area contributed by atoms with Gasteiger partial charge in [-0.25, -0.2) is 0 Å². The molecule has 2 amide bonds. The Morgan fingerprint density at radius 1 is 1.00 bits per heavy atom. The second-order valence-electron chi connectivity index (χ2n) is 8.41. The van der Waals surface area contributed by atoms with Gasteiger partial charge in [-0.3, -0.25) is 19.0 Å². The van der Waals surface area contributed by atoms with Gasteiger partial charge in [-0.05, 0) is 49.2 Å². The quantitative estimate of drug-likeness (QED) is 0.581. The Bertz CT molecular complexity index is 1120. The topological polar surface area (TPSA) is 95.0 Å². The predicted octanol–water partition coefficient (Wildman–Crippen LogP) is 3.11. The summed E-state index contributed by atoms with van der Waals surface area (Å²) in [6.45, 7) is 7.06. The number of carbonyl (C=O) groups excluding carboxylic acids is 2. The average Bonchev–Trinajstić information content (AvgIpc) is 3.05. The third-order valence-electron chi connectivity index (χ3n) is 6.44. The van der Waals surface area contributed by atoms with Crippen LogP contribution in [0.2, 0.25) is 0 Å². The molecule has 0 aromatic heterocycles. The Kier molecular flexibility index (Phi) is 4.74. The van der Waals surface area contributed by atoms with E-state index in [1.807, 2.05) is 13.8 Å². The molecule has 0 aliphatic carbocycles. The lowest BCUT2D eigenvalue weighted by Crippen LogP contribution is -2.40. The highest BCUT2D eigenvalue weighted by Gasteiger charge is 2.42. The molecule has 8 heteroatoms. The molecule has 4 rings (SSSR count). The van der Waals surface area contributed by atoms with Crippen LogP contribution in [0.5, 0.6) is 0 Å². The summed E-state index contributed by atoms with van der Waals surface area (Å²) in [6, 6.07) is 11.6. The second kappa shape index (κ2) is 6.92. The van der Waals surface area contributed by atoms with Crippen LogP contribution in [0.3, 0.4) is 0 Å². The smallest absolute Gasteiger partial charge is 0.294 e. The van der Waals surface area contributed by atoms with Crippen LogP contribution in [-0.2, 0) is 15.5 Å². The fraction of sp³-hybridized carbons (Fsp3) is 0.364. The van der Waals surface area contributed by atoms with Crippen LogP contribution in [0.4, 0.5) is 5.69 Å². The minimum atomic E-state index is -4.28. The van der Waals surface area contributed by atoms with Crippen molar-refractivity contribution in [3.05, 3.63) is 59.2 Å². The van der Waals surface area contributed by atoms with Crippen molar-refractivity contribution in [2.24, 2.45) is 0 Å². The van der Waals surface area contributed by atoms with Crippen molar-refractivity contribution in [2.75, 3.05) is 18.0 Å². The van der Waals surface area contributed by atoms with Crippen molar-refractivity contribution >= 4 is 27.6 Å². The first-order valence-corrected chi connectivity index (χ1v) is 11.3. The van der Waals surface area contributed by atoms with Crippen molar-refractivity contribution < 1.29 is 22.6 Å². The first-order valence-electron chi connectivity index (χ1n) is 9.87. The molecule has 158 valence electrons. The average molecular weight is 429 g/mol. The molecule has 2 aliphatic rings. The van der Waals surface area contributed by atoms with Crippen LogP contribution < -0.4 is 4.90 Å². The van der Waals surface area contributed by atoms with Crippen LogP contribution in [0, 0.1) is 0 Å². The fourth-order valence-corrected chi connectivity index (χ4v) is 4.93. The molecular weight excluding hydrogens is 404 g/mol. The number of nitrogens with zero attached hydrogens (tertiary/aromatic N) is 2. The summed E-state index contributed by atoms with van der Waals surface area (Å²) < 4.78 is 32.5. The van der Waals surface area contributed by atoms with Crippen molar-refractivity contribution in [3.8, 4) is 0 Å². The maximum absolute atomic E-state index is 12.5. The van der Waals surface area contributed by atoms with Crippen LogP contribution in [0.1, 0.15) is 53.5 Å². The number of imide groups is 1. The van der Waals surface area contributed by atoms with Gasteiger partial charge in [0.2, 0.25) is 0 Å². The Balaban J connectivity index is 1.52. The molecule has 1 unspecified atom stereocenters. The van der Waals surface area contributed by atoms with Gasteiger partial charge in [-0.1, -0.05) is 26.0 Å². The molecule has 0 saturated heterocycles. The third-order valence-corrected chi connectivity index (χ3v) is 7.29. The molecule has 0 bridgehead atoms. The summed E-state index contributed by atoms with van der Waals surface area (Å²) in [4.78, 5) is 28.4. The first-order chi connectivity index (χ1) is 14.0. The highest BCUT2D eigenvalue weighted by Crippen LogP contribution is 2.45. The molecule has 30 heavy (non-hydrogen) atoms. The zero-order valence-corrected chi connectivity index (χ0v) is 17.9. The minimum absolute atomic E-state index is 0.0753. The Morgan fingerprint density at radius 2 is 1.60 bits per heavy atom. The predicted molar refractivity (Wildman–Crippen MR) is 113 cm³/mol. The fourth-order valence-electron chi connectivity index (χ4n) is 4.42. The lowest BCUT2D eigenvalue weighted by Gasteiger charge is -2.32. The first kappa shape index (κ1) is 20.6. The van der Waals surface area contributed by atoms with Gasteiger partial charge in [0.1, 0.15) is 0 Å². The van der Waals surface area contributed by atoms with E-state index in [1.54, 1.807) is 30.3 Å². The molecule has 0 radical (unpaired) electrons. The number of amides is 2. The number of rotatable bonds is 5. The standard InChI is InChI=1S/C22H24N2O5S/c1-14-22(2,3)18-13-15(30(27,28)29)9-10-19(18)23(14)11-6-12-24-20(25)16-7-4-5-8-17(16)21(24)26/h4-5,7-10,13-14H,6,11-12H2,1-3H3,(H,27,28,29). The van der Waals surface area contributed by atoms with Crippen LogP contribution in [0.25, 0.3) is 0 Å². The number of benzene rings is 2. The number of hydrogen-bond acceptors (Lipinski definition) is 5. The summed E-state index contributed by atoms with van der Waals surface area (Å²) in [7, 11) is -4.28. The van der Waals surface area contributed by atoms with E-state index in [9.17, 15) is 22.6 Å². The lowest BCUT2D eigenvalue weighted by molar-refractivity contribution is 0.0653. The summed E-state index contributed by atoms with van der Waals surface area (Å²) in [5.41, 5.74) is 2.32. The molecule has 2 aromatic carbocycles. The molecule has 7 nitrogen and oxygen atoms in total. The third kappa shape index (κ3) is 3.11. The van der Waals surface area contributed by atoms with Crippen molar-refractivity contribution in [3.63, 3.8) is 0 Å². The maximum Gasteiger partial charge on any atom is 0.294 e. The van der Waals surface area contributed by atoms with Gasteiger partial charge in [0, 0.05) is 30.2 Å². The molecule has 0 saturated carbocycles. The highest BCUT2D eigenvalue weighted by atomic mass is 32.2. The monoisotopic (exact) mass is 428 g/mol. The number of hydrogen-bond donors (Lipinski definition) is 1. The largest absolute Gasteiger partial charge is 0.368 e. The van der Waals surface area contributed by atoms with E-state index >= 15 is 0 Å². The number of anilines is 1. The number of fused-ring (bicyclic) bond motifs is 2. The maximum atomic E-state index is 12.5. The molecule has 1 N–H and O–H groups in total. The van der Waals surface area contributed by atoms with E-state index in [4.69, 9.17) is 0 Å². The van der Waals surface area contributed by atoms with E-state index in [-0.39, 0.29) is 28.2 Å².